The summed E-state index contributed by atoms with van der Waals surface area (Å²) in [5.41, 5.74) is 0.161. The summed E-state index contributed by atoms with van der Waals surface area (Å²) in [6, 6.07) is 13.2. The second-order valence-electron chi connectivity index (χ2n) is 8.15. The Hall–Kier alpha value is -2.10. The number of carbonyl (C=O) groups excluding carboxylic acids is 2. The smallest absolute Gasteiger partial charge is 0.744 e. The third-order valence-electron chi connectivity index (χ3n) is 6.08. The summed E-state index contributed by atoms with van der Waals surface area (Å²) in [5.74, 6) is -0.869. The third-order valence-corrected chi connectivity index (χ3v) is 7.76. The number of rotatable bonds is 2. The number of nitrogens with zero attached hydrogens (tertiary/aromatic N) is 2. The Morgan fingerprint density at radius 3 is 1.92 bits per heavy atom. The molecule has 0 amide bonds. The average molecular weight is 564 g/mol. The van der Waals surface area contributed by atoms with E-state index in [1.165, 1.54) is 30.3 Å². The van der Waals surface area contributed by atoms with Crippen LogP contribution in [0.25, 0.3) is 32.8 Å². The van der Waals surface area contributed by atoms with E-state index in [9.17, 15) is 35.5 Å². The van der Waals surface area contributed by atoms with Gasteiger partial charge in [0.15, 0.2) is 11.6 Å². The van der Waals surface area contributed by atoms with E-state index in [-0.39, 0.29) is 114 Å². The van der Waals surface area contributed by atoms with Crippen LogP contribution < -0.4 is 59.1 Å². The largest absolute Gasteiger partial charge is 1.00 e. The zero-order chi connectivity index (χ0) is 25.6. The first-order valence-corrected chi connectivity index (χ1v) is 13.1. The molecule has 1 heterocycles. The van der Waals surface area contributed by atoms with Crippen LogP contribution in [0.3, 0.4) is 0 Å². The van der Waals surface area contributed by atoms with Crippen LogP contribution in [0.4, 0.5) is 0 Å². The van der Waals surface area contributed by atoms with Crippen molar-refractivity contribution in [2.24, 2.45) is 0 Å². The predicted octanol–water partition coefficient (Wildman–Crippen LogP) is -3.47. The number of fused-ring (bicyclic) bond motifs is 7. The van der Waals surface area contributed by atoms with Crippen LogP contribution in [0, 0.1) is 0 Å². The fourth-order valence-corrected chi connectivity index (χ4v) is 5.65. The van der Waals surface area contributed by atoms with Gasteiger partial charge in [0.25, 0.3) is 0 Å². The van der Waals surface area contributed by atoms with E-state index in [0.29, 0.717) is 0 Å². The minimum absolute atomic E-state index is 0. The van der Waals surface area contributed by atoms with Crippen LogP contribution in [0.5, 0.6) is 0 Å². The van der Waals surface area contributed by atoms with Crippen molar-refractivity contribution in [2.75, 3.05) is 0 Å². The van der Waals surface area contributed by atoms with Crippen molar-refractivity contribution in [1.29, 1.82) is 0 Å². The quantitative estimate of drug-likeness (QED) is 0.0890. The molecular weight excluding hydrogens is 554 g/mol. The van der Waals surface area contributed by atoms with E-state index >= 15 is 0 Å². The molecule has 1 aromatic heterocycles. The van der Waals surface area contributed by atoms with Crippen molar-refractivity contribution in [1.82, 2.24) is 9.97 Å². The van der Waals surface area contributed by atoms with Gasteiger partial charge in [-0.05, 0) is 35.7 Å². The molecule has 0 saturated heterocycles. The molecule has 6 rings (SSSR count). The van der Waals surface area contributed by atoms with E-state index < -0.39 is 41.6 Å². The van der Waals surface area contributed by atoms with Crippen LogP contribution in [0.1, 0.15) is 31.8 Å². The normalized spacial score (nSPS) is 13.1. The topological polar surface area (TPSA) is 174 Å². The molecule has 0 saturated carbocycles. The molecule has 10 nitrogen and oxygen atoms in total. The maximum Gasteiger partial charge on any atom is 1.00 e. The zero-order valence-corrected chi connectivity index (χ0v) is 25.4. The van der Waals surface area contributed by atoms with Crippen molar-refractivity contribution in [3.63, 3.8) is 0 Å². The summed E-state index contributed by atoms with van der Waals surface area (Å²) in [4.78, 5) is 33.8. The SMILES string of the molecule is O=C1c2ccccc2C(=O)c2c1ccc1nc3c(S(=O)(=O)[O-])cc4cc(S(=O)(=O)[O-])ccc4c3nc21.[Na+].[Na+]. The fourth-order valence-electron chi connectivity index (χ4n) is 4.49. The Balaban J connectivity index is 0.00000168. The zero-order valence-electron chi connectivity index (χ0n) is 19.8. The molecule has 1 aliphatic carbocycles. The van der Waals surface area contributed by atoms with Crippen molar-refractivity contribution in [2.45, 2.75) is 9.79 Å². The van der Waals surface area contributed by atoms with Gasteiger partial charge in [0, 0.05) is 22.1 Å². The van der Waals surface area contributed by atoms with Gasteiger partial charge in [-0.25, -0.2) is 26.8 Å². The maximum atomic E-state index is 13.4. The Kier molecular flexibility index (Phi) is 7.47. The average Bonchev–Trinajstić information content (AvgIpc) is 2.83. The third kappa shape index (κ3) is 4.44. The number of carbonyl (C=O) groups is 2. The Morgan fingerprint density at radius 1 is 0.632 bits per heavy atom. The van der Waals surface area contributed by atoms with E-state index in [4.69, 9.17) is 0 Å². The molecule has 5 aromatic rings. The van der Waals surface area contributed by atoms with Gasteiger partial charge in [-0.1, -0.05) is 30.3 Å². The molecule has 0 aliphatic heterocycles. The summed E-state index contributed by atoms with van der Waals surface area (Å²) >= 11 is 0. The van der Waals surface area contributed by atoms with Gasteiger partial charge in [0.1, 0.15) is 31.3 Å². The van der Waals surface area contributed by atoms with Crippen molar-refractivity contribution >= 4 is 64.6 Å². The van der Waals surface area contributed by atoms with Gasteiger partial charge in [0.2, 0.25) is 0 Å². The maximum absolute atomic E-state index is 13.4. The minimum atomic E-state index is -5.12. The summed E-state index contributed by atoms with van der Waals surface area (Å²) in [6.07, 6.45) is 0. The van der Waals surface area contributed by atoms with Crippen LogP contribution in [-0.4, -0.2) is 47.5 Å². The monoisotopic (exact) mass is 564 g/mol. The van der Waals surface area contributed by atoms with Gasteiger partial charge in [0.05, 0.1) is 26.4 Å². The number of hydrogen-bond donors (Lipinski definition) is 0. The molecule has 0 bridgehead atoms. The van der Waals surface area contributed by atoms with E-state index in [2.05, 4.69) is 9.97 Å². The molecule has 4 aromatic carbocycles. The molecular formula is C24H10N2Na2O8S2. The number of hydrogen-bond acceptors (Lipinski definition) is 10. The molecule has 38 heavy (non-hydrogen) atoms. The number of aromatic nitrogens is 2. The molecule has 0 fully saturated rings. The van der Waals surface area contributed by atoms with Gasteiger partial charge in [-0.2, -0.15) is 0 Å². The van der Waals surface area contributed by atoms with Crippen molar-refractivity contribution in [3.8, 4) is 0 Å². The molecule has 0 spiro atoms. The van der Waals surface area contributed by atoms with Gasteiger partial charge < -0.3 is 9.11 Å². The minimum Gasteiger partial charge on any atom is -0.744 e. The Labute approximate surface area is 259 Å². The summed E-state index contributed by atoms with van der Waals surface area (Å²) in [7, 11) is -10.00. The number of ketones is 2. The molecule has 0 unspecified atom stereocenters. The second-order valence-corrected chi connectivity index (χ2v) is 10.9. The summed E-state index contributed by atoms with van der Waals surface area (Å²) < 4.78 is 70.7. The Morgan fingerprint density at radius 2 is 1.29 bits per heavy atom. The van der Waals surface area contributed by atoms with Crippen LogP contribution in [-0.2, 0) is 20.2 Å². The molecule has 0 radical (unpaired) electrons. The standard InChI is InChI=1S/C24H12N2O8S2.2Na/c27-23-14-3-1-2-4-15(14)24(28)19-16(23)7-8-17-21(19)26-20-13-6-5-12(35(29,30)31)9-11(13)10-18(22(20)25-17)36(32,33)34;;/h1-10H,(H,29,30,31)(H,32,33,34);;/q;2*+1/p-2. The van der Waals surface area contributed by atoms with Gasteiger partial charge in [-0.15, -0.1) is 0 Å². The van der Waals surface area contributed by atoms with E-state index in [1.54, 1.807) is 12.1 Å². The van der Waals surface area contributed by atoms with E-state index in [1.807, 2.05) is 0 Å². The molecule has 1 aliphatic rings. The van der Waals surface area contributed by atoms with Crippen molar-refractivity contribution < 1.29 is 94.6 Å². The van der Waals surface area contributed by atoms with E-state index in [0.717, 1.165) is 18.2 Å². The summed E-state index contributed by atoms with van der Waals surface area (Å²) in [5, 5.41) is 0.131. The molecule has 0 N–H and O–H groups in total. The first kappa shape index (κ1) is 28.9. The predicted molar refractivity (Wildman–Crippen MR) is 124 cm³/mol. The fraction of sp³-hybridized carbons (Fsp3) is 0. The molecule has 0 atom stereocenters. The van der Waals surface area contributed by atoms with Crippen molar-refractivity contribution in [3.05, 3.63) is 82.9 Å². The first-order chi connectivity index (χ1) is 16.9. The molecule has 14 heteroatoms. The van der Waals surface area contributed by atoms with Gasteiger partial charge in [-0.3, -0.25) is 9.59 Å². The first-order valence-electron chi connectivity index (χ1n) is 10.3. The van der Waals surface area contributed by atoms with Crippen LogP contribution >= 0.6 is 0 Å². The summed E-state index contributed by atoms with van der Waals surface area (Å²) in [6.45, 7) is 0. The molecule has 178 valence electrons. The number of benzene rings is 4. The second kappa shape index (κ2) is 9.82. The van der Waals surface area contributed by atoms with Crippen LogP contribution in [0.2, 0.25) is 0 Å². The van der Waals surface area contributed by atoms with Gasteiger partial charge >= 0.3 is 59.1 Å². The Bertz CT molecular complexity index is 2100. The van der Waals surface area contributed by atoms with Crippen LogP contribution in [0.15, 0.2) is 70.5 Å².